The molecule has 0 unspecified atom stereocenters. The number of benzene rings is 1. The molecule has 0 radical (unpaired) electrons. The number of amides is 1. The highest BCUT2D eigenvalue weighted by atomic mass is 32.2. The van der Waals surface area contributed by atoms with Crippen LogP contribution in [-0.4, -0.2) is 38.5 Å². The molecule has 0 aliphatic heterocycles. The number of carbonyl (C=O) groups is 1. The van der Waals surface area contributed by atoms with E-state index in [4.69, 9.17) is 0 Å². The maximum atomic E-state index is 12.4. The summed E-state index contributed by atoms with van der Waals surface area (Å²) in [4.78, 5) is 21.4. The fraction of sp³-hybridized carbons (Fsp3) is 0.350. The Hall–Kier alpha value is -2.34. The van der Waals surface area contributed by atoms with Gasteiger partial charge in [0.2, 0.25) is 0 Å². The lowest BCUT2D eigenvalue weighted by Gasteiger charge is -2.09. The monoisotopic (exact) mass is 368 g/mol. The number of nitrogens with zero attached hydrogens (tertiary/aromatic N) is 3. The quantitative estimate of drug-likeness (QED) is 0.611. The lowest BCUT2D eigenvalue weighted by molar-refractivity contribution is 0.0953. The van der Waals surface area contributed by atoms with Crippen LogP contribution >= 0.6 is 11.8 Å². The van der Waals surface area contributed by atoms with E-state index in [9.17, 15) is 4.79 Å². The Labute approximate surface area is 158 Å². The molecule has 2 aromatic heterocycles. The number of pyridine rings is 1. The predicted octanol–water partition coefficient (Wildman–Crippen LogP) is 3.99. The molecule has 1 amide bonds. The molecule has 5 nitrogen and oxygen atoms in total. The third kappa shape index (κ3) is 4.25. The van der Waals surface area contributed by atoms with Crippen LogP contribution in [0.4, 0.5) is 0 Å². The minimum absolute atomic E-state index is 0.0395. The van der Waals surface area contributed by atoms with Gasteiger partial charge in [-0.05, 0) is 61.6 Å². The molecule has 0 atom stereocenters. The first-order valence-corrected chi connectivity index (χ1v) is 10.1. The van der Waals surface area contributed by atoms with Crippen LogP contribution in [0, 0.1) is 6.92 Å². The van der Waals surface area contributed by atoms with Crippen molar-refractivity contribution in [2.75, 3.05) is 18.1 Å². The lowest BCUT2D eigenvalue weighted by atomic mass is 10.2. The molecular weight excluding hydrogens is 344 g/mol. The summed E-state index contributed by atoms with van der Waals surface area (Å²) in [6.07, 6.45) is 3.94. The van der Waals surface area contributed by atoms with Gasteiger partial charge in [-0.25, -0.2) is 9.97 Å². The van der Waals surface area contributed by atoms with Crippen LogP contribution in [-0.2, 0) is 0 Å². The van der Waals surface area contributed by atoms with Gasteiger partial charge >= 0.3 is 0 Å². The fourth-order valence-corrected chi connectivity index (χ4v) is 3.69. The molecule has 1 aromatic carbocycles. The smallest absolute Gasteiger partial charge is 0.251 e. The summed E-state index contributed by atoms with van der Waals surface area (Å²) in [7, 11) is 0. The second kappa shape index (κ2) is 8.85. The maximum absolute atomic E-state index is 12.4. The number of aryl methyl sites for hydroxylation is 1. The number of rotatable bonds is 8. The largest absolute Gasteiger partial charge is 0.352 e. The van der Waals surface area contributed by atoms with Crippen LogP contribution in [0.5, 0.6) is 0 Å². The number of carbonyl (C=O) groups excluding carboxylic acids is 1. The normalized spacial score (nSPS) is 11.0. The number of imidazole rings is 1. The number of fused-ring (bicyclic) bond motifs is 1. The lowest BCUT2D eigenvalue weighted by Crippen LogP contribution is -2.25. The van der Waals surface area contributed by atoms with E-state index in [1.807, 2.05) is 59.7 Å². The van der Waals surface area contributed by atoms with Crippen molar-refractivity contribution < 1.29 is 4.79 Å². The zero-order chi connectivity index (χ0) is 18.4. The van der Waals surface area contributed by atoms with Crippen molar-refractivity contribution in [3.8, 4) is 5.69 Å². The molecule has 2 heterocycles. The summed E-state index contributed by atoms with van der Waals surface area (Å²) in [6.45, 7) is 4.83. The van der Waals surface area contributed by atoms with Gasteiger partial charge in [0.1, 0.15) is 11.3 Å². The number of hydrogen-bond acceptors (Lipinski definition) is 4. The van der Waals surface area contributed by atoms with Crippen LogP contribution in [0.25, 0.3) is 16.9 Å². The molecule has 0 spiro atoms. The molecule has 3 rings (SSSR count). The Bertz CT molecular complexity index is 890. The van der Waals surface area contributed by atoms with Gasteiger partial charge in [-0.15, -0.1) is 0 Å². The molecule has 0 fully saturated rings. The Morgan fingerprint density at radius 3 is 2.96 bits per heavy atom. The van der Waals surface area contributed by atoms with Gasteiger partial charge in [0, 0.05) is 24.0 Å². The first kappa shape index (κ1) is 18.5. The summed E-state index contributed by atoms with van der Waals surface area (Å²) >= 11 is 1.94. The van der Waals surface area contributed by atoms with Crippen molar-refractivity contribution in [2.45, 2.75) is 26.7 Å². The highest BCUT2D eigenvalue weighted by Crippen LogP contribution is 2.20. The van der Waals surface area contributed by atoms with Crippen LogP contribution in [0.3, 0.4) is 0 Å². The van der Waals surface area contributed by atoms with Gasteiger partial charge < -0.3 is 5.32 Å². The van der Waals surface area contributed by atoms with Crippen molar-refractivity contribution in [1.82, 2.24) is 19.9 Å². The van der Waals surface area contributed by atoms with E-state index in [1.165, 1.54) is 12.2 Å². The van der Waals surface area contributed by atoms with E-state index < -0.39 is 0 Å². The third-order valence-corrected chi connectivity index (χ3v) is 5.32. The number of nitrogens with one attached hydrogen (secondary N) is 1. The average Bonchev–Trinajstić information content (AvgIpc) is 3.00. The van der Waals surface area contributed by atoms with E-state index in [0.717, 1.165) is 34.8 Å². The zero-order valence-corrected chi connectivity index (χ0v) is 16.1. The minimum atomic E-state index is -0.0395. The van der Waals surface area contributed by atoms with Crippen LogP contribution < -0.4 is 5.32 Å². The molecular formula is C20H24N4OS. The summed E-state index contributed by atoms with van der Waals surface area (Å²) in [5, 5.41) is 3.01. The molecule has 6 heteroatoms. The summed E-state index contributed by atoms with van der Waals surface area (Å²) in [5.74, 6) is 3.08. The summed E-state index contributed by atoms with van der Waals surface area (Å²) in [5.41, 5.74) is 3.20. The first-order chi connectivity index (χ1) is 12.7. The molecule has 1 N–H and O–H groups in total. The molecule has 0 aliphatic rings. The maximum Gasteiger partial charge on any atom is 0.251 e. The standard InChI is InChI=1S/C20H24N4OS/c1-3-12-26-13-6-11-22-20(25)16-7-4-8-17(14-16)24-15(2)23-18-9-5-10-21-19(18)24/h4-5,7-10,14H,3,6,11-13H2,1-2H3,(H,22,25). The molecule has 0 saturated carbocycles. The van der Waals surface area contributed by atoms with Gasteiger partial charge in [0.25, 0.3) is 5.91 Å². The molecule has 26 heavy (non-hydrogen) atoms. The highest BCUT2D eigenvalue weighted by Gasteiger charge is 2.12. The topological polar surface area (TPSA) is 59.8 Å². The van der Waals surface area contributed by atoms with Gasteiger partial charge in [-0.2, -0.15) is 11.8 Å². The molecule has 136 valence electrons. The number of thioether (sulfide) groups is 1. The predicted molar refractivity (Wildman–Crippen MR) is 108 cm³/mol. The van der Waals surface area contributed by atoms with Crippen molar-refractivity contribution in [1.29, 1.82) is 0 Å². The van der Waals surface area contributed by atoms with Crippen LogP contribution in [0.1, 0.15) is 35.9 Å². The Morgan fingerprint density at radius 1 is 1.23 bits per heavy atom. The van der Waals surface area contributed by atoms with Gasteiger partial charge in [-0.3, -0.25) is 9.36 Å². The fourth-order valence-electron chi connectivity index (χ4n) is 2.85. The summed E-state index contributed by atoms with van der Waals surface area (Å²) < 4.78 is 1.98. The second-order valence-corrected chi connectivity index (χ2v) is 7.34. The molecule has 0 saturated heterocycles. The van der Waals surface area contributed by atoms with E-state index >= 15 is 0 Å². The molecule has 3 aromatic rings. The van der Waals surface area contributed by atoms with Crippen molar-refractivity contribution in [2.24, 2.45) is 0 Å². The highest BCUT2D eigenvalue weighted by molar-refractivity contribution is 7.99. The minimum Gasteiger partial charge on any atom is -0.352 e. The van der Waals surface area contributed by atoms with Gasteiger partial charge in [-0.1, -0.05) is 13.0 Å². The SMILES string of the molecule is CCCSCCCNC(=O)c1cccc(-n2c(C)nc3cccnc32)c1. The summed E-state index contributed by atoms with van der Waals surface area (Å²) in [6, 6.07) is 11.4. The van der Waals surface area contributed by atoms with Gasteiger partial charge in [0.15, 0.2) is 5.65 Å². The first-order valence-electron chi connectivity index (χ1n) is 8.97. The zero-order valence-electron chi connectivity index (χ0n) is 15.2. The van der Waals surface area contributed by atoms with E-state index in [1.54, 1.807) is 6.20 Å². The Balaban J connectivity index is 1.72. The number of hydrogen-bond donors (Lipinski definition) is 1. The van der Waals surface area contributed by atoms with Crippen molar-refractivity contribution in [3.05, 3.63) is 54.0 Å². The molecule has 0 aliphatic carbocycles. The average molecular weight is 369 g/mol. The molecule has 0 bridgehead atoms. The van der Waals surface area contributed by atoms with Crippen molar-refractivity contribution >= 4 is 28.8 Å². The van der Waals surface area contributed by atoms with Crippen LogP contribution in [0.2, 0.25) is 0 Å². The van der Waals surface area contributed by atoms with Gasteiger partial charge in [0.05, 0.1) is 0 Å². The second-order valence-electron chi connectivity index (χ2n) is 6.11. The number of aromatic nitrogens is 3. The Kier molecular flexibility index (Phi) is 6.28. The third-order valence-electron chi connectivity index (χ3n) is 4.05. The van der Waals surface area contributed by atoms with Crippen molar-refractivity contribution in [3.63, 3.8) is 0 Å². The van der Waals surface area contributed by atoms with E-state index in [2.05, 4.69) is 22.2 Å². The van der Waals surface area contributed by atoms with E-state index in [-0.39, 0.29) is 5.91 Å². The van der Waals surface area contributed by atoms with E-state index in [0.29, 0.717) is 12.1 Å². The van der Waals surface area contributed by atoms with Crippen LogP contribution in [0.15, 0.2) is 42.6 Å². The Morgan fingerprint density at radius 2 is 2.12 bits per heavy atom.